The summed E-state index contributed by atoms with van der Waals surface area (Å²) in [6.45, 7) is 0.406. The van der Waals surface area contributed by atoms with Gasteiger partial charge in [-0.2, -0.15) is 0 Å². The first kappa shape index (κ1) is 15.5. The smallest absolute Gasteiger partial charge is 0.248 e. The first-order chi connectivity index (χ1) is 11.6. The van der Waals surface area contributed by atoms with Crippen LogP contribution in [0.4, 0.5) is 0 Å². The third-order valence-electron chi connectivity index (χ3n) is 4.26. The van der Waals surface area contributed by atoms with Crippen LogP contribution >= 0.6 is 23.2 Å². The molecule has 1 amide bonds. The highest BCUT2D eigenvalue weighted by atomic mass is 35.5. The molecule has 124 valence electrons. The first-order valence-corrected chi connectivity index (χ1v) is 8.16. The predicted octanol–water partition coefficient (Wildman–Crippen LogP) is 3.01. The van der Waals surface area contributed by atoms with Gasteiger partial charge < -0.3 is 19.4 Å². The summed E-state index contributed by atoms with van der Waals surface area (Å²) >= 11 is 12.5. The molecule has 4 rings (SSSR count). The number of halogens is 2. The minimum Gasteiger partial charge on any atom is -0.463 e. The van der Waals surface area contributed by atoms with Crippen molar-refractivity contribution in [1.29, 1.82) is 0 Å². The number of aromatic nitrogens is 2. The van der Waals surface area contributed by atoms with Crippen LogP contribution in [-0.4, -0.2) is 39.0 Å². The zero-order chi connectivity index (χ0) is 16.8. The van der Waals surface area contributed by atoms with E-state index < -0.39 is 6.61 Å². The van der Waals surface area contributed by atoms with Crippen molar-refractivity contribution in [2.75, 3.05) is 13.2 Å². The number of furan rings is 1. The monoisotopic (exact) mass is 365 g/mol. The fourth-order valence-corrected chi connectivity index (χ4v) is 3.49. The molecular weight excluding hydrogens is 353 g/mol. The van der Waals surface area contributed by atoms with E-state index in [2.05, 4.69) is 9.97 Å². The van der Waals surface area contributed by atoms with E-state index in [4.69, 9.17) is 32.7 Å². The van der Waals surface area contributed by atoms with Gasteiger partial charge in [0.05, 0.1) is 11.8 Å². The van der Waals surface area contributed by atoms with Crippen molar-refractivity contribution >= 4 is 40.0 Å². The molecule has 3 aromatic heterocycles. The molecule has 8 heteroatoms. The SMILES string of the molecule is O=C(CO)N1CCc2[nH]c3c(Cl)c(Cl)nc(-c4ccco4)c3c2C1. The molecule has 2 N–H and O–H groups in total. The molecule has 24 heavy (non-hydrogen) atoms. The summed E-state index contributed by atoms with van der Waals surface area (Å²) in [6.07, 6.45) is 2.20. The van der Waals surface area contributed by atoms with Crippen LogP contribution in [0.15, 0.2) is 22.8 Å². The maximum atomic E-state index is 11.9. The van der Waals surface area contributed by atoms with E-state index in [9.17, 15) is 4.79 Å². The van der Waals surface area contributed by atoms with Gasteiger partial charge in [0.1, 0.15) is 17.3 Å². The molecule has 3 aromatic rings. The van der Waals surface area contributed by atoms with Crippen LogP contribution in [0.3, 0.4) is 0 Å². The number of nitrogens with one attached hydrogen (secondary N) is 1. The van der Waals surface area contributed by atoms with Gasteiger partial charge in [-0.3, -0.25) is 4.79 Å². The van der Waals surface area contributed by atoms with Gasteiger partial charge >= 0.3 is 0 Å². The largest absolute Gasteiger partial charge is 0.463 e. The lowest BCUT2D eigenvalue weighted by Crippen LogP contribution is -2.37. The maximum Gasteiger partial charge on any atom is 0.248 e. The number of nitrogens with zero attached hydrogens (tertiary/aromatic N) is 2. The van der Waals surface area contributed by atoms with E-state index in [1.165, 1.54) is 0 Å². The Bertz CT molecular complexity index is 934. The van der Waals surface area contributed by atoms with Crippen LogP contribution in [0.1, 0.15) is 11.3 Å². The van der Waals surface area contributed by atoms with Gasteiger partial charge in [0.25, 0.3) is 0 Å². The number of aliphatic hydroxyl groups excluding tert-OH is 1. The summed E-state index contributed by atoms with van der Waals surface area (Å²) in [6, 6.07) is 3.57. The van der Waals surface area contributed by atoms with Crippen molar-refractivity contribution < 1.29 is 14.3 Å². The van der Waals surface area contributed by atoms with Gasteiger partial charge in [-0.25, -0.2) is 4.98 Å². The Morgan fingerprint density at radius 2 is 2.29 bits per heavy atom. The van der Waals surface area contributed by atoms with E-state index >= 15 is 0 Å². The van der Waals surface area contributed by atoms with Crippen molar-refractivity contribution in [3.63, 3.8) is 0 Å². The van der Waals surface area contributed by atoms with Crippen molar-refractivity contribution in [2.24, 2.45) is 0 Å². The Labute approximate surface area is 147 Å². The highest BCUT2D eigenvalue weighted by Crippen LogP contribution is 2.40. The number of hydrogen-bond donors (Lipinski definition) is 2. The second-order valence-corrected chi connectivity index (χ2v) is 6.33. The molecule has 0 spiro atoms. The summed E-state index contributed by atoms with van der Waals surface area (Å²) in [5.74, 6) is 0.272. The number of carbonyl (C=O) groups excluding carboxylic acids is 1. The van der Waals surface area contributed by atoms with Crippen LogP contribution in [0.2, 0.25) is 10.2 Å². The Morgan fingerprint density at radius 1 is 1.46 bits per heavy atom. The van der Waals surface area contributed by atoms with Crippen LogP contribution in [-0.2, 0) is 17.8 Å². The number of hydrogen-bond acceptors (Lipinski definition) is 4. The Morgan fingerprint density at radius 3 is 3.00 bits per heavy atom. The second kappa shape index (κ2) is 5.81. The Balaban J connectivity index is 1.96. The lowest BCUT2D eigenvalue weighted by molar-refractivity contribution is -0.135. The molecule has 1 aliphatic heterocycles. The number of aromatic amines is 1. The number of aliphatic hydroxyl groups is 1. The van der Waals surface area contributed by atoms with Gasteiger partial charge in [-0.15, -0.1) is 0 Å². The first-order valence-electron chi connectivity index (χ1n) is 7.41. The molecule has 0 unspecified atom stereocenters. The number of pyridine rings is 1. The van der Waals surface area contributed by atoms with Crippen molar-refractivity contribution in [3.05, 3.63) is 39.8 Å². The van der Waals surface area contributed by atoms with Crippen LogP contribution in [0.5, 0.6) is 0 Å². The van der Waals surface area contributed by atoms with E-state index in [0.717, 1.165) is 16.6 Å². The van der Waals surface area contributed by atoms with Crippen LogP contribution in [0.25, 0.3) is 22.4 Å². The van der Waals surface area contributed by atoms with E-state index in [0.29, 0.717) is 41.5 Å². The highest BCUT2D eigenvalue weighted by molar-refractivity contribution is 6.44. The molecule has 0 bridgehead atoms. The molecule has 0 saturated carbocycles. The fourth-order valence-electron chi connectivity index (χ4n) is 3.13. The lowest BCUT2D eigenvalue weighted by atomic mass is 10.0. The minimum atomic E-state index is -0.506. The molecular formula is C16H13Cl2N3O3. The fraction of sp³-hybridized carbons (Fsp3) is 0.250. The number of rotatable bonds is 2. The highest BCUT2D eigenvalue weighted by Gasteiger charge is 2.28. The number of amides is 1. The van der Waals surface area contributed by atoms with Crippen molar-refractivity contribution in [1.82, 2.24) is 14.9 Å². The maximum absolute atomic E-state index is 11.9. The van der Waals surface area contributed by atoms with E-state index in [1.807, 2.05) is 0 Å². The predicted molar refractivity (Wildman–Crippen MR) is 90.0 cm³/mol. The number of fused-ring (bicyclic) bond motifs is 3. The van der Waals surface area contributed by atoms with Gasteiger partial charge in [0, 0.05) is 36.2 Å². The number of H-pyrrole nitrogens is 1. The molecule has 0 radical (unpaired) electrons. The van der Waals surface area contributed by atoms with Gasteiger partial charge in [0.2, 0.25) is 5.91 Å². The van der Waals surface area contributed by atoms with Crippen molar-refractivity contribution in [3.8, 4) is 11.5 Å². The normalized spacial score (nSPS) is 14.2. The molecule has 0 aliphatic carbocycles. The standard InChI is InChI=1S/C16H13Cl2N3O3/c17-13-15-12(14(20-16(13)18)10-2-1-5-24-10)8-6-21(11(23)7-22)4-3-9(8)19-15/h1-2,5,19,22H,3-4,6-7H2. The van der Waals surface area contributed by atoms with Crippen LogP contribution in [0, 0.1) is 0 Å². The summed E-state index contributed by atoms with van der Waals surface area (Å²) in [7, 11) is 0. The average molecular weight is 366 g/mol. The molecule has 0 atom stereocenters. The molecule has 0 aromatic carbocycles. The summed E-state index contributed by atoms with van der Waals surface area (Å²) in [5, 5.41) is 10.5. The van der Waals surface area contributed by atoms with Gasteiger partial charge in [-0.1, -0.05) is 23.2 Å². The zero-order valence-electron chi connectivity index (χ0n) is 12.5. The van der Waals surface area contributed by atoms with E-state index in [-0.39, 0.29) is 11.1 Å². The van der Waals surface area contributed by atoms with E-state index in [1.54, 1.807) is 23.3 Å². The molecule has 0 fully saturated rings. The molecule has 0 saturated heterocycles. The zero-order valence-corrected chi connectivity index (χ0v) is 14.0. The van der Waals surface area contributed by atoms with Crippen LogP contribution < -0.4 is 0 Å². The molecule has 1 aliphatic rings. The van der Waals surface area contributed by atoms with Gasteiger partial charge in [-0.05, 0) is 12.1 Å². The summed E-state index contributed by atoms with van der Waals surface area (Å²) in [5.41, 5.74) is 3.19. The topological polar surface area (TPSA) is 82.4 Å². The summed E-state index contributed by atoms with van der Waals surface area (Å²) in [4.78, 5) is 21.2. The molecule has 4 heterocycles. The Kier molecular flexibility index (Phi) is 3.75. The average Bonchev–Trinajstić information content (AvgIpc) is 3.24. The Hall–Kier alpha value is -2.02. The minimum absolute atomic E-state index is 0.192. The third-order valence-corrected chi connectivity index (χ3v) is 5.00. The third kappa shape index (κ3) is 2.30. The molecule has 6 nitrogen and oxygen atoms in total. The second-order valence-electron chi connectivity index (χ2n) is 5.60. The quantitative estimate of drug-likeness (QED) is 0.683. The van der Waals surface area contributed by atoms with Gasteiger partial charge in [0.15, 0.2) is 10.9 Å². The summed E-state index contributed by atoms with van der Waals surface area (Å²) < 4.78 is 5.48. The lowest BCUT2D eigenvalue weighted by Gasteiger charge is -2.26. The van der Waals surface area contributed by atoms with Crippen molar-refractivity contribution in [2.45, 2.75) is 13.0 Å². The number of carbonyl (C=O) groups is 1.